The van der Waals surface area contributed by atoms with Crippen LogP contribution in [0, 0.1) is 0 Å². The standard InChI is InChI=1S/C28H28N2O2S/c1-3-17-30-20(2)25(27(31)22-13-8-5-9-14-22)26(29-28(30)33)23-15-10-16-24(18-23)32-19-21-11-6-4-7-12-21/h4-16,18,26H,3,17,19H2,1-2H3,(H,29,33). The molecule has 1 aliphatic rings. The molecule has 1 heterocycles. The number of ether oxygens (including phenoxy) is 1. The van der Waals surface area contributed by atoms with Crippen molar-refractivity contribution < 1.29 is 9.53 Å². The Balaban J connectivity index is 1.68. The van der Waals surface area contributed by atoms with Crippen LogP contribution in [-0.2, 0) is 6.61 Å². The molecule has 5 heteroatoms. The molecule has 168 valence electrons. The van der Waals surface area contributed by atoms with Crippen molar-refractivity contribution in [1.29, 1.82) is 0 Å². The van der Waals surface area contributed by atoms with E-state index in [2.05, 4.69) is 12.2 Å². The van der Waals surface area contributed by atoms with E-state index in [1.54, 1.807) is 0 Å². The molecule has 1 N–H and O–H groups in total. The quantitative estimate of drug-likeness (QED) is 0.329. The molecule has 0 saturated carbocycles. The first-order valence-corrected chi connectivity index (χ1v) is 11.6. The monoisotopic (exact) mass is 456 g/mol. The average Bonchev–Trinajstić information content (AvgIpc) is 2.86. The molecule has 4 nitrogen and oxygen atoms in total. The SMILES string of the molecule is CCCN1C(=S)NC(c2cccc(OCc3ccccc3)c2)C(C(=O)c2ccccc2)=C1C. The van der Waals surface area contributed by atoms with E-state index in [0.29, 0.717) is 22.9 Å². The number of benzene rings is 3. The Morgan fingerprint density at radius 3 is 2.39 bits per heavy atom. The number of hydrogen-bond acceptors (Lipinski definition) is 3. The summed E-state index contributed by atoms with van der Waals surface area (Å²) in [5.41, 5.74) is 4.32. The molecule has 0 saturated heterocycles. The predicted molar refractivity (Wildman–Crippen MR) is 136 cm³/mol. The van der Waals surface area contributed by atoms with Crippen molar-refractivity contribution in [2.24, 2.45) is 0 Å². The van der Waals surface area contributed by atoms with Crippen LogP contribution in [-0.4, -0.2) is 22.3 Å². The largest absolute Gasteiger partial charge is 0.489 e. The van der Waals surface area contributed by atoms with Crippen LogP contribution in [0.1, 0.15) is 47.8 Å². The summed E-state index contributed by atoms with van der Waals surface area (Å²) in [6, 6.07) is 27.0. The molecule has 3 aromatic rings. The van der Waals surface area contributed by atoms with E-state index < -0.39 is 0 Å². The first-order valence-electron chi connectivity index (χ1n) is 11.2. The normalized spacial score (nSPS) is 15.9. The molecule has 1 aliphatic heterocycles. The molecule has 3 aromatic carbocycles. The van der Waals surface area contributed by atoms with Gasteiger partial charge in [0.15, 0.2) is 10.9 Å². The van der Waals surface area contributed by atoms with Gasteiger partial charge in [0.2, 0.25) is 0 Å². The van der Waals surface area contributed by atoms with E-state index >= 15 is 0 Å². The summed E-state index contributed by atoms with van der Waals surface area (Å²) in [4.78, 5) is 15.7. The summed E-state index contributed by atoms with van der Waals surface area (Å²) >= 11 is 5.69. The maximum Gasteiger partial charge on any atom is 0.193 e. The minimum Gasteiger partial charge on any atom is -0.489 e. The van der Waals surface area contributed by atoms with Crippen LogP contribution in [0.5, 0.6) is 5.75 Å². The van der Waals surface area contributed by atoms with Gasteiger partial charge in [0.05, 0.1) is 6.04 Å². The Labute approximate surface area is 200 Å². The smallest absolute Gasteiger partial charge is 0.193 e. The van der Waals surface area contributed by atoms with Gasteiger partial charge in [-0.15, -0.1) is 0 Å². The van der Waals surface area contributed by atoms with Crippen LogP contribution in [0.2, 0.25) is 0 Å². The summed E-state index contributed by atoms with van der Waals surface area (Å²) in [6.07, 6.45) is 0.930. The van der Waals surface area contributed by atoms with Crippen LogP contribution < -0.4 is 10.1 Å². The van der Waals surface area contributed by atoms with Gasteiger partial charge in [0.1, 0.15) is 12.4 Å². The number of nitrogens with zero attached hydrogens (tertiary/aromatic N) is 1. The van der Waals surface area contributed by atoms with Gasteiger partial charge < -0.3 is 15.0 Å². The van der Waals surface area contributed by atoms with Crippen molar-refractivity contribution in [2.75, 3.05) is 6.54 Å². The number of rotatable bonds is 8. The fourth-order valence-corrected chi connectivity index (χ4v) is 4.43. The highest BCUT2D eigenvalue weighted by molar-refractivity contribution is 7.80. The van der Waals surface area contributed by atoms with Crippen molar-refractivity contribution in [3.05, 3.63) is 113 Å². The number of thiocarbonyl (C=S) groups is 1. The third-order valence-electron chi connectivity index (χ3n) is 5.76. The summed E-state index contributed by atoms with van der Waals surface area (Å²) in [5, 5.41) is 4.06. The maximum atomic E-state index is 13.6. The molecule has 0 amide bonds. The highest BCUT2D eigenvalue weighted by atomic mass is 32.1. The zero-order valence-corrected chi connectivity index (χ0v) is 19.8. The van der Waals surface area contributed by atoms with E-state index in [4.69, 9.17) is 17.0 Å². The fraction of sp³-hybridized carbons (Fsp3) is 0.214. The molecule has 0 radical (unpaired) electrons. The Morgan fingerprint density at radius 1 is 1.00 bits per heavy atom. The lowest BCUT2D eigenvalue weighted by atomic mass is 9.89. The second-order valence-electron chi connectivity index (χ2n) is 8.08. The zero-order chi connectivity index (χ0) is 23.2. The topological polar surface area (TPSA) is 41.6 Å². The molecule has 0 aromatic heterocycles. The van der Waals surface area contributed by atoms with Gasteiger partial charge in [-0.2, -0.15) is 0 Å². The van der Waals surface area contributed by atoms with E-state index in [-0.39, 0.29) is 11.8 Å². The van der Waals surface area contributed by atoms with Crippen LogP contribution in [0.15, 0.2) is 96.2 Å². The number of allylic oxidation sites excluding steroid dienone is 1. The van der Waals surface area contributed by atoms with Gasteiger partial charge in [-0.05, 0) is 48.8 Å². The van der Waals surface area contributed by atoms with Gasteiger partial charge in [-0.1, -0.05) is 79.7 Å². The van der Waals surface area contributed by atoms with Crippen LogP contribution in [0.25, 0.3) is 0 Å². The Morgan fingerprint density at radius 2 is 1.70 bits per heavy atom. The molecular weight excluding hydrogens is 428 g/mol. The molecule has 0 spiro atoms. The van der Waals surface area contributed by atoms with Gasteiger partial charge in [-0.25, -0.2) is 0 Å². The minimum absolute atomic E-state index is 0.00445. The molecule has 4 rings (SSSR count). The second-order valence-corrected chi connectivity index (χ2v) is 8.46. The summed E-state index contributed by atoms with van der Waals surface area (Å²) in [5.74, 6) is 0.758. The number of hydrogen-bond donors (Lipinski definition) is 1. The maximum absolute atomic E-state index is 13.6. The van der Waals surface area contributed by atoms with Crippen molar-refractivity contribution in [3.8, 4) is 5.75 Å². The highest BCUT2D eigenvalue weighted by Gasteiger charge is 2.34. The molecule has 0 aliphatic carbocycles. The lowest BCUT2D eigenvalue weighted by Crippen LogP contribution is -2.47. The zero-order valence-electron chi connectivity index (χ0n) is 19.0. The average molecular weight is 457 g/mol. The Kier molecular flexibility index (Phi) is 7.20. The minimum atomic E-state index is -0.349. The predicted octanol–water partition coefficient (Wildman–Crippen LogP) is 6.06. The van der Waals surface area contributed by atoms with Crippen LogP contribution >= 0.6 is 12.2 Å². The van der Waals surface area contributed by atoms with E-state index in [1.165, 1.54) is 0 Å². The first kappa shape index (κ1) is 22.7. The van der Waals surface area contributed by atoms with Gasteiger partial charge in [0.25, 0.3) is 0 Å². The molecule has 1 atom stereocenters. The molecule has 0 bridgehead atoms. The van der Waals surface area contributed by atoms with Crippen molar-refractivity contribution in [1.82, 2.24) is 10.2 Å². The summed E-state index contributed by atoms with van der Waals surface area (Å²) in [6.45, 7) is 5.34. The van der Waals surface area contributed by atoms with E-state index in [9.17, 15) is 4.79 Å². The fourth-order valence-electron chi connectivity index (χ4n) is 4.09. The number of Topliss-reactive ketones (excluding diaryl/α,β-unsaturated/α-hetero) is 1. The van der Waals surface area contributed by atoms with E-state index in [0.717, 1.165) is 35.5 Å². The second kappa shape index (κ2) is 10.5. The van der Waals surface area contributed by atoms with Gasteiger partial charge >= 0.3 is 0 Å². The Hall–Kier alpha value is -3.44. The van der Waals surface area contributed by atoms with Crippen LogP contribution in [0.4, 0.5) is 0 Å². The third-order valence-corrected chi connectivity index (χ3v) is 6.10. The van der Waals surface area contributed by atoms with E-state index in [1.807, 2.05) is 96.8 Å². The van der Waals surface area contributed by atoms with Crippen molar-refractivity contribution >= 4 is 23.1 Å². The first-order chi connectivity index (χ1) is 16.1. The highest BCUT2D eigenvalue weighted by Crippen LogP contribution is 2.34. The molecule has 33 heavy (non-hydrogen) atoms. The van der Waals surface area contributed by atoms with Gasteiger partial charge in [0, 0.05) is 23.4 Å². The van der Waals surface area contributed by atoms with Crippen molar-refractivity contribution in [3.63, 3.8) is 0 Å². The third kappa shape index (κ3) is 5.15. The number of nitrogens with one attached hydrogen (secondary N) is 1. The Bertz CT molecular complexity index is 1160. The lowest BCUT2D eigenvalue weighted by Gasteiger charge is -2.38. The summed E-state index contributed by atoms with van der Waals surface area (Å²) < 4.78 is 6.05. The summed E-state index contributed by atoms with van der Waals surface area (Å²) in [7, 11) is 0. The molecule has 1 unspecified atom stereocenters. The lowest BCUT2D eigenvalue weighted by molar-refractivity contribution is 0.102. The number of carbonyl (C=O) groups excluding carboxylic acids is 1. The van der Waals surface area contributed by atoms with Gasteiger partial charge in [-0.3, -0.25) is 4.79 Å². The van der Waals surface area contributed by atoms with Crippen LogP contribution in [0.3, 0.4) is 0 Å². The molecule has 0 fully saturated rings. The molecular formula is C28H28N2O2S. The number of carbonyl (C=O) groups is 1. The van der Waals surface area contributed by atoms with Crippen molar-refractivity contribution in [2.45, 2.75) is 32.9 Å². The number of ketones is 1.